The molecule has 0 saturated heterocycles. The van der Waals surface area contributed by atoms with E-state index in [2.05, 4.69) is 9.88 Å². The molecule has 0 atom stereocenters. The molecule has 0 fully saturated rings. The maximum Gasteiger partial charge on any atom is 0.260 e. The van der Waals surface area contributed by atoms with Crippen LogP contribution in [0.5, 0.6) is 0 Å². The largest absolute Gasteiger partial charge is 0.309 e. The third kappa shape index (κ3) is 5.16. The summed E-state index contributed by atoms with van der Waals surface area (Å²) in [6.07, 6.45) is 0.847. The minimum atomic E-state index is -0.0945. The van der Waals surface area contributed by atoms with Gasteiger partial charge in [0.15, 0.2) is 10.9 Å². The Morgan fingerprint density at radius 3 is 2.21 bits per heavy atom. The summed E-state index contributed by atoms with van der Waals surface area (Å²) >= 11 is 1.52. The fourth-order valence-electron chi connectivity index (χ4n) is 2.81. The highest BCUT2D eigenvalue weighted by Crippen LogP contribution is 2.29. The van der Waals surface area contributed by atoms with Gasteiger partial charge < -0.3 is 4.90 Å². The van der Waals surface area contributed by atoms with Gasteiger partial charge in [-0.3, -0.25) is 14.5 Å². The number of fused-ring (bicyclic) bond motifs is 1. The molecule has 0 saturated carbocycles. The van der Waals surface area contributed by atoms with E-state index < -0.39 is 0 Å². The van der Waals surface area contributed by atoms with E-state index >= 15 is 0 Å². The predicted octanol–water partition coefficient (Wildman–Crippen LogP) is 4.52. The highest BCUT2D eigenvalue weighted by atomic mass is 35.5. The van der Waals surface area contributed by atoms with E-state index in [1.54, 1.807) is 29.2 Å². The number of halogens is 1. The highest BCUT2D eigenvalue weighted by molar-refractivity contribution is 7.22. The van der Waals surface area contributed by atoms with Gasteiger partial charge in [0, 0.05) is 17.7 Å². The lowest BCUT2D eigenvalue weighted by Gasteiger charge is -2.21. The first kappa shape index (κ1) is 22.0. The zero-order valence-corrected chi connectivity index (χ0v) is 17.8. The minimum Gasteiger partial charge on any atom is -0.309 e. The van der Waals surface area contributed by atoms with Gasteiger partial charge in [-0.25, -0.2) is 4.98 Å². The van der Waals surface area contributed by atoms with Crippen LogP contribution in [-0.2, 0) is 0 Å². The quantitative estimate of drug-likeness (QED) is 0.530. The third-order valence-electron chi connectivity index (χ3n) is 4.28. The maximum atomic E-state index is 13.2. The van der Waals surface area contributed by atoms with Crippen LogP contribution in [0.25, 0.3) is 10.2 Å². The molecule has 7 heteroatoms. The maximum absolute atomic E-state index is 13.2. The zero-order chi connectivity index (χ0) is 19.4. The van der Waals surface area contributed by atoms with E-state index in [9.17, 15) is 9.59 Å². The number of hydrogen-bond acceptors (Lipinski definition) is 5. The molecule has 5 nitrogen and oxygen atoms in total. The standard InChI is InChI=1S/C21H23N3O2S.ClH/c1-15(25)16-9-11-17(12-10-16)20(26)24(14-6-13-23(2)3)21-22-18-7-4-5-8-19(18)27-21;/h4-5,7-12H,6,13-14H2,1-3H3;1H. The Balaban J connectivity index is 0.00000280. The molecular formula is C21H24ClN3O2S. The van der Waals surface area contributed by atoms with E-state index in [0.717, 1.165) is 23.2 Å². The highest BCUT2D eigenvalue weighted by Gasteiger charge is 2.21. The van der Waals surface area contributed by atoms with Crippen molar-refractivity contribution in [1.82, 2.24) is 9.88 Å². The molecule has 1 heterocycles. The number of aromatic nitrogens is 1. The summed E-state index contributed by atoms with van der Waals surface area (Å²) in [6, 6.07) is 14.7. The number of nitrogens with zero attached hydrogens (tertiary/aromatic N) is 3. The zero-order valence-electron chi connectivity index (χ0n) is 16.2. The first-order chi connectivity index (χ1) is 13.0. The lowest BCUT2D eigenvalue weighted by atomic mass is 10.1. The van der Waals surface area contributed by atoms with Crippen molar-refractivity contribution in [1.29, 1.82) is 0 Å². The Kier molecular flexibility index (Phi) is 7.69. The van der Waals surface area contributed by atoms with Gasteiger partial charge in [-0.1, -0.05) is 35.6 Å². The SMILES string of the molecule is CC(=O)c1ccc(C(=O)N(CCCN(C)C)c2nc3ccccc3s2)cc1.Cl. The topological polar surface area (TPSA) is 53.5 Å². The van der Waals surface area contributed by atoms with Gasteiger partial charge in [-0.15, -0.1) is 12.4 Å². The molecule has 3 aromatic rings. The smallest absolute Gasteiger partial charge is 0.260 e. The van der Waals surface area contributed by atoms with Crippen molar-refractivity contribution in [3.63, 3.8) is 0 Å². The van der Waals surface area contributed by atoms with Gasteiger partial charge in [0.1, 0.15) is 0 Å². The number of Topliss-reactive ketones (excluding diaryl/α,β-unsaturated/α-hetero) is 1. The number of carbonyl (C=O) groups is 2. The second kappa shape index (κ2) is 9.78. The molecule has 0 aliphatic rings. The fraction of sp³-hybridized carbons (Fsp3) is 0.286. The summed E-state index contributed by atoms with van der Waals surface area (Å²) < 4.78 is 1.06. The molecule has 148 valence electrons. The summed E-state index contributed by atoms with van der Waals surface area (Å²) in [7, 11) is 4.04. The summed E-state index contributed by atoms with van der Waals surface area (Å²) in [4.78, 5) is 33.2. The molecule has 0 spiro atoms. The van der Waals surface area contributed by atoms with Crippen molar-refractivity contribution in [2.24, 2.45) is 0 Å². The molecule has 1 amide bonds. The number of ketones is 1. The molecule has 0 unspecified atom stereocenters. The summed E-state index contributed by atoms with van der Waals surface area (Å²) in [5.74, 6) is -0.106. The second-order valence-electron chi connectivity index (χ2n) is 6.71. The Hall–Kier alpha value is -2.28. The normalized spacial score (nSPS) is 10.7. The fourth-order valence-corrected chi connectivity index (χ4v) is 3.80. The van der Waals surface area contributed by atoms with Crippen LogP contribution in [0.1, 0.15) is 34.1 Å². The van der Waals surface area contributed by atoms with Crippen LogP contribution >= 0.6 is 23.7 Å². The number of rotatable bonds is 7. The second-order valence-corrected chi connectivity index (χ2v) is 7.72. The molecule has 0 aliphatic heterocycles. The van der Waals surface area contributed by atoms with E-state index in [1.165, 1.54) is 18.3 Å². The number of carbonyl (C=O) groups excluding carboxylic acids is 2. The molecular weight excluding hydrogens is 394 g/mol. The van der Waals surface area contributed by atoms with E-state index in [0.29, 0.717) is 22.8 Å². The number of anilines is 1. The van der Waals surface area contributed by atoms with Crippen LogP contribution < -0.4 is 4.90 Å². The Morgan fingerprint density at radius 2 is 1.61 bits per heavy atom. The monoisotopic (exact) mass is 417 g/mol. The average Bonchev–Trinajstić information content (AvgIpc) is 3.08. The van der Waals surface area contributed by atoms with E-state index in [4.69, 9.17) is 0 Å². The molecule has 1 aromatic heterocycles. The lowest BCUT2D eigenvalue weighted by molar-refractivity contribution is 0.0981. The van der Waals surface area contributed by atoms with Crippen LogP contribution in [0.15, 0.2) is 48.5 Å². The van der Waals surface area contributed by atoms with Crippen LogP contribution in [0.2, 0.25) is 0 Å². The van der Waals surface area contributed by atoms with Gasteiger partial charge in [0.25, 0.3) is 5.91 Å². The van der Waals surface area contributed by atoms with Gasteiger partial charge in [0.2, 0.25) is 0 Å². The number of amides is 1. The summed E-state index contributed by atoms with van der Waals surface area (Å²) in [6.45, 7) is 2.99. The van der Waals surface area contributed by atoms with Crippen molar-refractivity contribution in [3.05, 3.63) is 59.7 Å². The number of thiazole rings is 1. The van der Waals surface area contributed by atoms with Crippen molar-refractivity contribution in [2.75, 3.05) is 32.1 Å². The average molecular weight is 418 g/mol. The number of benzene rings is 2. The molecule has 0 radical (unpaired) electrons. The third-order valence-corrected chi connectivity index (χ3v) is 5.34. The van der Waals surface area contributed by atoms with Crippen LogP contribution in [0.3, 0.4) is 0 Å². The van der Waals surface area contributed by atoms with Crippen molar-refractivity contribution >= 4 is 50.8 Å². The molecule has 28 heavy (non-hydrogen) atoms. The Bertz CT molecular complexity index is 921. The lowest BCUT2D eigenvalue weighted by Crippen LogP contribution is -2.33. The van der Waals surface area contributed by atoms with Gasteiger partial charge >= 0.3 is 0 Å². The van der Waals surface area contributed by atoms with Crippen molar-refractivity contribution < 1.29 is 9.59 Å². The molecule has 0 bridgehead atoms. The Morgan fingerprint density at radius 1 is 0.964 bits per heavy atom. The predicted molar refractivity (Wildman–Crippen MR) is 118 cm³/mol. The first-order valence-corrected chi connectivity index (χ1v) is 9.70. The number of para-hydroxylation sites is 1. The summed E-state index contributed by atoms with van der Waals surface area (Å²) in [5, 5.41) is 0.704. The van der Waals surface area contributed by atoms with E-state index in [-0.39, 0.29) is 24.1 Å². The molecule has 0 N–H and O–H groups in total. The van der Waals surface area contributed by atoms with Crippen LogP contribution in [-0.4, -0.2) is 48.8 Å². The first-order valence-electron chi connectivity index (χ1n) is 8.89. The Labute approximate surface area is 175 Å². The molecule has 0 aliphatic carbocycles. The van der Waals surface area contributed by atoms with Crippen molar-refractivity contribution in [2.45, 2.75) is 13.3 Å². The molecule has 3 rings (SSSR count). The van der Waals surface area contributed by atoms with Gasteiger partial charge in [-0.2, -0.15) is 0 Å². The van der Waals surface area contributed by atoms with Gasteiger partial charge in [0.05, 0.1) is 10.2 Å². The van der Waals surface area contributed by atoms with Crippen LogP contribution in [0, 0.1) is 0 Å². The van der Waals surface area contributed by atoms with Gasteiger partial charge in [-0.05, 0) is 58.3 Å². The summed E-state index contributed by atoms with van der Waals surface area (Å²) in [5.41, 5.74) is 2.06. The van der Waals surface area contributed by atoms with Crippen molar-refractivity contribution in [3.8, 4) is 0 Å². The minimum absolute atomic E-state index is 0. The number of hydrogen-bond donors (Lipinski definition) is 0. The molecule has 2 aromatic carbocycles. The van der Waals surface area contributed by atoms with Crippen LogP contribution in [0.4, 0.5) is 5.13 Å². The van der Waals surface area contributed by atoms with E-state index in [1.807, 2.05) is 38.4 Å².